The predicted molar refractivity (Wildman–Crippen MR) is 182 cm³/mol. The molecule has 1 atom stereocenters. The van der Waals surface area contributed by atoms with Crippen LogP contribution in [0.3, 0.4) is 0 Å². The lowest BCUT2D eigenvalue weighted by Crippen LogP contribution is -2.19. The molecular weight excluding hydrogens is 661 g/mol. The first kappa shape index (κ1) is 35.7. The van der Waals surface area contributed by atoms with Gasteiger partial charge >= 0.3 is 6.61 Å². The van der Waals surface area contributed by atoms with Gasteiger partial charge in [0.05, 0.1) is 52.4 Å². The zero-order chi connectivity index (χ0) is 34.1. The van der Waals surface area contributed by atoms with Crippen molar-refractivity contribution in [3.63, 3.8) is 0 Å². The van der Waals surface area contributed by atoms with Gasteiger partial charge in [0, 0.05) is 18.3 Å². The molecule has 13 heteroatoms. The fourth-order valence-corrected chi connectivity index (χ4v) is 9.40. The lowest BCUT2D eigenvalue weighted by molar-refractivity contribution is -0.0497. The molecule has 5 rings (SSSR count). The Kier molecular flexibility index (Phi) is 12.4. The Bertz CT molecular complexity index is 1820. The third-order valence-corrected chi connectivity index (χ3v) is 11.8. The minimum Gasteiger partial charge on any atom is -0.493 e. The lowest BCUT2D eigenvalue weighted by atomic mass is 9.88. The van der Waals surface area contributed by atoms with Crippen molar-refractivity contribution in [1.82, 2.24) is 13.9 Å². The van der Waals surface area contributed by atoms with Crippen molar-refractivity contribution < 1.29 is 35.6 Å². The van der Waals surface area contributed by atoms with E-state index in [2.05, 4.69) is 14.7 Å². The molecule has 3 aromatic rings. The first-order valence-electron chi connectivity index (χ1n) is 16.5. The van der Waals surface area contributed by atoms with Crippen molar-refractivity contribution in [2.24, 2.45) is 0 Å². The van der Waals surface area contributed by atoms with Crippen molar-refractivity contribution in [3.05, 3.63) is 70.4 Å². The summed E-state index contributed by atoms with van der Waals surface area (Å²) in [5.41, 5.74) is 2.99. The van der Waals surface area contributed by atoms with Crippen LogP contribution in [0.4, 0.5) is 8.78 Å². The Morgan fingerprint density at radius 1 is 0.917 bits per heavy atom. The molecule has 9 nitrogen and oxygen atoms in total. The van der Waals surface area contributed by atoms with Crippen LogP contribution in [0.2, 0.25) is 0 Å². The van der Waals surface area contributed by atoms with Gasteiger partial charge in [0.2, 0.25) is 5.16 Å². The molecule has 48 heavy (non-hydrogen) atoms. The van der Waals surface area contributed by atoms with Crippen LogP contribution in [0.25, 0.3) is 11.0 Å². The monoisotopic (exact) mass is 703 g/mol. The second-order valence-electron chi connectivity index (χ2n) is 12.0. The van der Waals surface area contributed by atoms with Crippen LogP contribution in [0.15, 0.2) is 69.9 Å². The van der Waals surface area contributed by atoms with Gasteiger partial charge in [-0.3, -0.25) is 9.19 Å². The Morgan fingerprint density at radius 2 is 1.62 bits per heavy atom. The van der Waals surface area contributed by atoms with Gasteiger partial charge in [-0.2, -0.15) is 8.78 Å². The van der Waals surface area contributed by atoms with Crippen molar-refractivity contribution >= 4 is 31.9 Å². The molecule has 1 unspecified atom stereocenters. The summed E-state index contributed by atoms with van der Waals surface area (Å²) >= 11 is 0. The molecule has 0 saturated heterocycles. The van der Waals surface area contributed by atoms with E-state index in [9.17, 15) is 21.4 Å². The van der Waals surface area contributed by atoms with Crippen LogP contribution in [0, 0.1) is 0 Å². The second kappa shape index (κ2) is 16.7. The van der Waals surface area contributed by atoms with Crippen LogP contribution in [0.5, 0.6) is 17.2 Å². The highest BCUT2D eigenvalue weighted by atomic mass is 32.2. The van der Waals surface area contributed by atoms with E-state index in [0.717, 1.165) is 61.8 Å². The first-order chi connectivity index (χ1) is 23.2. The van der Waals surface area contributed by atoms with Gasteiger partial charge < -0.3 is 14.2 Å². The minimum absolute atomic E-state index is 0.0460. The number of ether oxygens (including phenoxy) is 3. The van der Waals surface area contributed by atoms with E-state index in [1.807, 2.05) is 6.08 Å². The molecule has 0 aliphatic heterocycles. The Morgan fingerprint density at radius 3 is 2.35 bits per heavy atom. The van der Waals surface area contributed by atoms with Crippen LogP contribution >= 0.6 is 0 Å². The number of imidazole rings is 1. The zero-order valence-electron chi connectivity index (χ0n) is 27.5. The van der Waals surface area contributed by atoms with Crippen LogP contribution in [0.1, 0.15) is 89.2 Å². The Hall–Kier alpha value is -3.58. The molecule has 2 aliphatic carbocycles. The summed E-state index contributed by atoms with van der Waals surface area (Å²) in [7, 11) is -3.56. The number of aromatic nitrogens is 3. The van der Waals surface area contributed by atoms with Crippen molar-refractivity contribution in [2.45, 2.75) is 101 Å². The lowest BCUT2D eigenvalue weighted by Gasteiger charge is -2.19. The zero-order valence-corrected chi connectivity index (χ0v) is 29.1. The third kappa shape index (κ3) is 8.52. The van der Waals surface area contributed by atoms with E-state index in [-0.39, 0.29) is 44.0 Å². The van der Waals surface area contributed by atoms with Crippen LogP contribution in [-0.2, 0) is 26.6 Å². The molecule has 0 N–H and O–H groups in total. The molecule has 2 aromatic heterocycles. The van der Waals surface area contributed by atoms with E-state index in [1.165, 1.54) is 69.0 Å². The van der Waals surface area contributed by atoms with Gasteiger partial charge in [-0.1, -0.05) is 49.8 Å². The maximum absolute atomic E-state index is 14.7. The molecule has 2 heterocycles. The van der Waals surface area contributed by atoms with Gasteiger partial charge in [-0.25, -0.2) is 17.4 Å². The second-order valence-corrected chi connectivity index (χ2v) is 15.1. The Labute approximate surface area is 283 Å². The molecule has 2 aliphatic rings. The van der Waals surface area contributed by atoms with Crippen molar-refractivity contribution in [3.8, 4) is 17.2 Å². The van der Waals surface area contributed by atoms with E-state index < -0.39 is 27.4 Å². The highest BCUT2D eigenvalue weighted by Gasteiger charge is 2.30. The molecule has 0 radical (unpaired) electrons. The van der Waals surface area contributed by atoms with Gasteiger partial charge in [0.15, 0.2) is 11.5 Å². The summed E-state index contributed by atoms with van der Waals surface area (Å²) in [6.45, 7) is -3.09. The molecule has 0 spiro atoms. The van der Waals surface area contributed by atoms with E-state index >= 15 is 0 Å². The highest BCUT2D eigenvalue weighted by molar-refractivity contribution is 7.94. The summed E-state index contributed by atoms with van der Waals surface area (Å²) < 4.78 is 86.1. The number of rotatable bonds is 9. The molecule has 0 fully saturated rings. The summed E-state index contributed by atoms with van der Waals surface area (Å²) in [6, 6.07) is 5.41. The number of fused-ring (bicyclic) bond motifs is 1. The average Bonchev–Trinajstić information content (AvgIpc) is 3.46. The number of halogens is 2. The normalized spacial score (nSPS) is 19.5. The molecule has 260 valence electrons. The smallest absolute Gasteiger partial charge is 0.387 e. The number of methoxy groups -OCH3 is 2. The number of hydrogen-bond acceptors (Lipinski definition) is 8. The standard InChI is InChI=1S/C35H43F2N3O6S2/c1-44-32-21-22-38-30(33(32)45-2)24-47(41)35-39-29-23-27(46-34(36)37)18-20-31(29)40(35)48(42,43)28-16-10-8-6-4-3-5-7-9-13-25-14-11-12-15-26(25)17-19-28/h16-23,34H,3-15,24H2,1-2H3/b19-17-,28-16+. The summed E-state index contributed by atoms with van der Waals surface area (Å²) in [4.78, 5) is 8.81. The van der Waals surface area contributed by atoms with E-state index in [4.69, 9.17) is 9.47 Å². The largest absolute Gasteiger partial charge is 0.493 e. The maximum Gasteiger partial charge on any atom is 0.387 e. The number of pyridine rings is 1. The van der Waals surface area contributed by atoms with E-state index in [1.54, 1.807) is 18.2 Å². The topological polar surface area (TPSA) is 110 Å². The average molecular weight is 704 g/mol. The molecule has 1 aromatic carbocycles. The van der Waals surface area contributed by atoms with Gasteiger partial charge in [-0.15, -0.1) is 0 Å². The van der Waals surface area contributed by atoms with Gasteiger partial charge in [-0.05, 0) is 75.1 Å². The first-order valence-corrected chi connectivity index (χ1v) is 19.2. The quantitative estimate of drug-likeness (QED) is 0.219. The number of alkyl halides is 2. The molecule has 0 bridgehead atoms. The number of nitrogens with zero attached hydrogens (tertiary/aromatic N) is 3. The number of allylic oxidation sites excluding steroid dienone is 5. The molecule has 0 amide bonds. The Balaban J connectivity index is 1.63. The van der Waals surface area contributed by atoms with Gasteiger partial charge in [0.1, 0.15) is 5.75 Å². The fraction of sp³-hybridized carbons (Fsp3) is 0.486. The third-order valence-electron chi connectivity index (χ3n) is 8.76. The van der Waals surface area contributed by atoms with Crippen molar-refractivity contribution in [2.75, 3.05) is 14.2 Å². The van der Waals surface area contributed by atoms with Crippen LogP contribution < -0.4 is 14.2 Å². The summed E-state index contributed by atoms with van der Waals surface area (Å²) in [6.07, 6.45) is 20.1. The maximum atomic E-state index is 14.7. The predicted octanol–water partition coefficient (Wildman–Crippen LogP) is 8.37. The van der Waals surface area contributed by atoms with E-state index in [0.29, 0.717) is 12.2 Å². The summed E-state index contributed by atoms with van der Waals surface area (Å²) in [5.74, 6) is 0.190. The number of benzene rings is 1. The van der Waals surface area contributed by atoms with Gasteiger partial charge in [0.25, 0.3) is 10.0 Å². The number of hydrogen-bond donors (Lipinski definition) is 0. The highest BCUT2D eigenvalue weighted by Crippen LogP contribution is 2.34. The molecular formula is C35H43F2N3O6S2. The molecule has 0 saturated carbocycles. The fourth-order valence-electron chi connectivity index (χ4n) is 6.35. The van der Waals surface area contributed by atoms with Crippen LogP contribution in [-0.4, -0.2) is 47.4 Å². The minimum atomic E-state index is -4.38. The SMILES string of the molecule is COc1ccnc(CS(=O)c2nc3cc(OC(F)F)ccc3n2S(=O)(=O)C2=C/CCCCCCCCCC3=C(/C=C\2)CCCC3)c1OC. The van der Waals surface area contributed by atoms with Crippen molar-refractivity contribution in [1.29, 1.82) is 0 Å². The summed E-state index contributed by atoms with van der Waals surface area (Å²) in [5, 5.41) is -0.270.